The predicted octanol–water partition coefficient (Wildman–Crippen LogP) is 1.51. The van der Waals surface area contributed by atoms with Gasteiger partial charge < -0.3 is 29.3 Å². The fourth-order valence-electron chi connectivity index (χ4n) is 3.10. The quantitative estimate of drug-likeness (QED) is 0.521. The topological polar surface area (TPSA) is 75.6 Å². The van der Waals surface area contributed by atoms with E-state index >= 15 is 0 Å². The molecule has 1 saturated heterocycles. The van der Waals surface area contributed by atoms with Crippen LogP contribution in [0.2, 0.25) is 0 Å². The number of likely N-dealkylation sites (N-methyl/N-ethyl adjacent to an activating group) is 1. The van der Waals surface area contributed by atoms with Crippen molar-refractivity contribution < 1.29 is 19.0 Å². The standard InChI is InChI=1S/C21H34N4O4/c1-15-9-18(27-5)19(28-6)10-17(15)13-25(4)21(23-12-20(26)24(2)3)22-11-16-7-8-29-14-16/h9-10,16H,7-8,11-14H2,1-6H3,(H,22,23). The number of nitrogens with zero attached hydrogens (tertiary/aromatic N) is 3. The summed E-state index contributed by atoms with van der Waals surface area (Å²) in [5.74, 6) is 2.52. The van der Waals surface area contributed by atoms with E-state index in [-0.39, 0.29) is 12.5 Å². The number of aryl methyl sites for hydroxylation is 1. The summed E-state index contributed by atoms with van der Waals surface area (Å²) in [4.78, 5) is 20.1. The number of ether oxygens (including phenoxy) is 3. The molecular weight excluding hydrogens is 372 g/mol. The van der Waals surface area contributed by atoms with Crippen LogP contribution in [0.1, 0.15) is 17.5 Å². The molecule has 1 aliphatic heterocycles. The lowest BCUT2D eigenvalue weighted by atomic mass is 10.1. The third-order valence-corrected chi connectivity index (χ3v) is 5.05. The van der Waals surface area contributed by atoms with E-state index in [0.717, 1.165) is 37.3 Å². The van der Waals surface area contributed by atoms with Gasteiger partial charge in [0.1, 0.15) is 6.54 Å². The van der Waals surface area contributed by atoms with Crippen LogP contribution in [0.4, 0.5) is 0 Å². The second kappa shape index (κ2) is 10.9. The third-order valence-electron chi connectivity index (χ3n) is 5.05. The maximum Gasteiger partial charge on any atom is 0.243 e. The number of nitrogens with one attached hydrogen (secondary N) is 1. The highest BCUT2D eigenvalue weighted by Gasteiger charge is 2.18. The van der Waals surface area contributed by atoms with Crippen LogP contribution in [0.3, 0.4) is 0 Å². The van der Waals surface area contributed by atoms with Crippen molar-refractivity contribution in [2.75, 3.05) is 61.7 Å². The SMILES string of the molecule is COc1cc(C)c(CN(C)C(=NCC(=O)N(C)C)NCC2CCOC2)cc1OC. The molecule has 1 N–H and O–H groups in total. The van der Waals surface area contributed by atoms with Crippen molar-refractivity contribution in [2.24, 2.45) is 10.9 Å². The summed E-state index contributed by atoms with van der Waals surface area (Å²) in [6.07, 6.45) is 1.04. The van der Waals surface area contributed by atoms with Gasteiger partial charge >= 0.3 is 0 Å². The van der Waals surface area contributed by atoms with Crippen molar-refractivity contribution in [3.8, 4) is 11.5 Å². The number of carbonyl (C=O) groups excluding carboxylic acids is 1. The van der Waals surface area contributed by atoms with Crippen LogP contribution in [0, 0.1) is 12.8 Å². The first-order valence-corrected chi connectivity index (χ1v) is 9.84. The molecule has 8 nitrogen and oxygen atoms in total. The largest absolute Gasteiger partial charge is 0.493 e. The molecule has 162 valence electrons. The fourth-order valence-corrected chi connectivity index (χ4v) is 3.10. The van der Waals surface area contributed by atoms with Gasteiger partial charge in [0.15, 0.2) is 17.5 Å². The molecule has 2 rings (SSSR count). The molecule has 0 spiro atoms. The molecule has 0 radical (unpaired) electrons. The molecule has 0 aliphatic carbocycles. The van der Waals surface area contributed by atoms with Crippen LogP contribution in [0.5, 0.6) is 11.5 Å². The average Bonchev–Trinajstić information content (AvgIpc) is 3.22. The van der Waals surface area contributed by atoms with Crippen LogP contribution >= 0.6 is 0 Å². The smallest absolute Gasteiger partial charge is 0.243 e. The first kappa shape index (κ1) is 22.8. The van der Waals surface area contributed by atoms with Crippen molar-refractivity contribution in [3.63, 3.8) is 0 Å². The van der Waals surface area contributed by atoms with Gasteiger partial charge in [0.05, 0.1) is 20.8 Å². The Morgan fingerprint density at radius 1 is 1.24 bits per heavy atom. The Morgan fingerprint density at radius 2 is 1.93 bits per heavy atom. The molecule has 1 aromatic carbocycles. The highest BCUT2D eigenvalue weighted by Crippen LogP contribution is 2.30. The normalized spacial score (nSPS) is 16.5. The second-order valence-corrected chi connectivity index (χ2v) is 7.53. The number of benzene rings is 1. The Kier molecular flexibility index (Phi) is 8.57. The van der Waals surface area contributed by atoms with Crippen molar-refractivity contribution in [1.82, 2.24) is 15.1 Å². The lowest BCUT2D eigenvalue weighted by Crippen LogP contribution is -2.41. The van der Waals surface area contributed by atoms with E-state index in [2.05, 4.69) is 10.3 Å². The van der Waals surface area contributed by atoms with Crippen molar-refractivity contribution >= 4 is 11.9 Å². The molecule has 1 amide bonds. The maximum absolute atomic E-state index is 12.0. The predicted molar refractivity (Wildman–Crippen MR) is 114 cm³/mol. The number of amides is 1. The Hall–Kier alpha value is -2.48. The van der Waals surface area contributed by atoms with Gasteiger partial charge in [-0.2, -0.15) is 0 Å². The number of hydrogen-bond donors (Lipinski definition) is 1. The summed E-state index contributed by atoms with van der Waals surface area (Å²) in [6.45, 7) is 5.10. The first-order valence-electron chi connectivity index (χ1n) is 9.84. The van der Waals surface area contributed by atoms with Gasteiger partial charge in [-0.25, -0.2) is 4.99 Å². The summed E-state index contributed by atoms with van der Waals surface area (Å²) in [5.41, 5.74) is 2.20. The van der Waals surface area contributed by atoms with Crippen molar-refractivity contribution in [2.45, 2.75) is 19.9 Å². The minimum absolute atomic E-state index is 0.0378. The van der Waals surface area contributed by atoms with Gasteiger partial charge in [-0.3, -0.25) is 4.79 Å². The van der Waals surface area contributed by atoms with Crippen LogP contribution in [0.25, 0.3) is 0 Å². The molecule has 29 heavy (non-hydrogen) atoms. The zero-order valence-electron chi connectivity index (χ0n) is 18.4. The number of guanidine groups is 1. The lowest BCUT2D eigenvalue weighted by molar-refractivity contribution is -0.127. The average molecular weight is 407 g/mol. The van der Waals surface area contributed by atoms with Gasteiger partial charge in [-0.15, -0.1) is 0 Å². The van der Waals surface area contributed by atoms with E-state index in [9.17, 15) is 4.79 Å². The molecule has 1 aliphatic rings. The Morgan fingerprint density at radius 3 is 2.52 bits per heavy atom. The molecule has 8 heteroatoms. The van der Waals surface area contributed by atoms with Crippen molar-refractivity contribution in [3.05, 3.63) is 23.3 Å². The van der Waals surface area contributed by atoms with E-state index in [1.165, 1.54) is 0 Å². The number of carbonyl (C=O) groups is 1. The zero-order valence-corrected chi connectivity index (χ0v) is 18.4. The number of hydrogen-bond acceptors (Lipinski definition) is 5. The van der Waals surface area contributed by atoms with Crippen molar-refractivity contribution in [1.29, 1.82) is 0 Å². The van der Waals surface area contributed by atoms with Gasteiger partial charge in [0.2, 0.25) is 5.91 Å². The van der Waals surface area contributed by atoms with Gasteiger partial charge in [0, 0.05) is 46.8 Å². The molecule has 1 heterocycles. The van der Waals surface area contributed by atoms with E-state index in [1.54, 1.807) is 33.2 Å². The molecule has 1 unspecified atom stereocenters. The zero-order chi connectivity index (χ0) is 21.4. The number of methoxy groups -OCH3 is 2. The van der Waals surface area contributed by atoms with E-state index in [1.807, 2.05) is 31.0 Å². The maximum atomic E-state index is 12.0. The first-order chi connectivity index (χ1) is 13.8. The highest BCUT2D eigenvalue weighted by atomic mass is 16.5. The molecule has 0 saturated carbocycles. The van der Waals surface area contributed by atoms with Crippen LogP contribution in [-0.2, 0) is 16.1 Å². The van der Waals surface area contributed by atoms with Gasteiger partial charge in [-0.05, 0) is 36.6 Å². The van der Waals surface area contributed by atoms with Gasteiger partial charge in [-0.1, -0.05) is 0 Å². The second-order valence-electron chi connectivity index (χ2n) is 7.53. The molecule has 1 atom stereocenters. The molecule has 0 bridgehead atoms. The van der Waals surface area contributed by atoms with Gasteiger partial charge in [0.25, 0.3) is 0 Å². The summed E-state index contributed by atoms with van der Waals surface area (Å²) in [5, 5.41) is 3.42. The molecular formula is C21H34N4O4. The summed E-state index contributed by atoms with van der Waals surface area (Å²) >= 11 is 0. The minimum Gasteiger partial charge on any atom is -0.493 e. The minimum atomic E-state index is -0.0378. The fraction of sp³-hybridized carbons (Fsp3) is 0.619. The lowest BCUT2D eigenvalue weighted by Gasteiger charge is -2.25. The summed E-state index contributed by atoms with van der Waals surface area (Å²) < 4.78 is 16.3. The van der Waals surface area contributed by atoms with Crippen LogP contribution < -0.4 is 14.8 Å². The monoisotopic (exact) mass is 406 g/mol. The number of rotatable bonds is 8. The Balaban J connectivity index is 2.15. The van der Waals surface area contributed by atoms with Crippen LogP contribution in [-0.4, -0.2) is 83.3 Å². The van der Waals surface area contributed by atoms with E-state index < -0.39 is 0 Å². The molecule has 1 fully saturated rings. The third kappa shape index (κ3) is 6.52. The van der Waals surface area contributed by atoms with E-state index in [4.69, 9.17) is 14.2 Å². The highest BCUT2D eigenvalue weighted by molar-refractivity contribution is 5.84. The van der Waals surface area contributed by atoms with E-state index in [0.29, 0.717) is 29.9 Å². The molecule has 1 aromatic rings. The van der Waals surface area contributed by atoms with Crippen LogP contribution in [0.15, 0.2) is 17.1 Å². The molecule has 0 aromatic heterocycles. The summed E-state index contributed by atoms with van der Waals surface area (Å²) in [6, 6.07) is 3.95. The Bertz CT molecular complexity index is 715. The number of aliphatic imine (C=N–C) groups is 1. The summed E-state index contributed by atoms with van der Waals surface area (Å²) in [7, 11) is 8.69. The Labute approximate surface area is 173 Å².